The molecule has 2 aliphatic rings. The van der Waals surface area contributed by atoms with Gasteiger partial charge in [-0.1, -0.05) is 34.3 Å². The highest BCUT2D eigenvalue weighted by atomic mass is 19.1. The number of carbonyl (C=O) groups excluding carboxylic acids is 2. The molecule has 1 unspecified atom stereocenters. The summed E-state index contributed by atoms with van der Waals surface area (Å²) >= 11 is 0. The van der Waals surface area contributed by atoms with E-state index in [2.05, 4.69) is 11.9 Å². The fourth-order valence-corrected chi connectivity index (χ4v) is 4.06. The van der Waals surface area contributed by atoms with Gasteiger partial charge >= 0.3 is 0 Å². The molecule has 0 bridgehead atoms. The number of hydrogen-bond donors (Lipinski definition) is 1. The third-order valence-electron chi connectivity index (χ3n) is 5.83. The van der Waals surface area contributed by atoms with Gasteiger partial charge in [-0.3, -0.25) is 9.59 Å². The van der Waals surface area contributed by atoms with Crippen LogP contribution in [0.4, 0.5) is 8.78 Å². The van der Waals surface area contributed by atoms with Crippen molar-refractivity contribution in [3.8, 4) is 0 Å². The maximum Gasteiger partial charge on any atom is 0.251 e. The second-order valence-electron chi connectivity index (χ2n) is 8.19. The van der Waals surface area contributed by atoms with Crippen molar-refractivity contribution in [3.05, 3.63) is 76.8 Å². The van der Waals surface area contributed by atoms with Crippen LogP contribution in [0.25, 0.3) is 5.57 Å². The van der Waals surface area contributed by atoms with Crippen molar-refractivity contribution in [1.29, 1.82) is 0 Å². The number of allylic oxidation sites excluding steroid dienone is 4. The lowest BCUT2D eigenvalue weighted by molar-refractivity contribution is -0.136. The molecular formula is C29H41F2N3O3. The van der Waals surface area contributed by atoms with Crippen LogP contribution in [-0.4, -0.2) is 54.5 Å². The average molecular weight is 518 g/mol. The summed E-state index contributed by atoms with van der Waals surface area (Å²) in [7, 11) is 1.40. The molecule has 0 saturated carbocycles. The van der Waals surface area contributed by atoms with Crippen molar-refractivity contribution >= 4 is 17.4 Å². The number of ether oxygens (including phenoxy) is 1. The third kappa shape index (κ3) is 8.12. The maximum absolute atomic E-state index is 15.1. The molecule has 1 N–H and O–H groups in total. The summed E-state index contributed by atoms with van der Waals surface area (Å²) < 4.78 is 36.0. The van der Waals surface area contributed by atoms with Crippen LogP contribution in [0.1, 0.15) is 70.8 Å². The quantitative estimate of drug-likeness (QED) is 0.518. The Bertz CT molecular complexity index is 1050. The van der Waals surface area contributed by atoms with Crippen LogP contribution >= 0.6 is 0 Å². The molecule has 1 saturated heterocycles. The standard InChI is InChI=1S/C25H29F2N3O3.2C2H6/c1-15-6-7-30(16(2)10-15)23(13-20-14-29(18(4)31)8-9-33-20)17(3)24-21(26)11-19(12-22(24)27)25(32)28-5;2*1-2/h6-7,10-12,20H,2,8-9,13-14H2,1,3-5H3,(H,28,32);2*1-2H3/b23-17+;;. The van der Waals surface area contributed by atoms with E-state index in [1.807, 2.05) is 46.8 Å². The van der Waals surface area contributed by atoms with E-state index in [0.29, 0.717) is 43.1 Å². The number of nitrogens with one attached hydrogen (secondary N) is 1. The molecule has 2 amide bonds. The Balaban J connectivity index is 0.00000163. The number of nitrogens with zero attached hydrogens (tertiary/aromatic N) is 2. The van der Waals surface area contributed by atoms with Gasteiger partial charge in [0, 0.05) is 56.6 Å². The molecule has 0 spiro atoms. The molecule has 2 heterocycles. The minimum absolute atomic E-state index is 0.0479. The Hall–Kier alpha value is -3.26. The zero-order chi connectivity index (χ0) is 28.3. The predicted octanol–water partition coefficient (Wildman–Crippen LogP) is 6.03. The van der Waals surface area contributed by atoms with E-state index in [9.17, 15) is 9.59 Å². The summed E-state index contributed by atoms with van der Waals surface area (Å²) in [5.74, 6) is -2.30. The van der Waals surface area contributed by atoms with Crippen LogP contribution in [0.5, 0.6) is 0 Å². The van der Waals surface area contributed by atoms with Crippen LogP contribution in [-0.2, 0) is 9.53 Å². The predicted molar refractivity (Wildman–Crippen MR) is 146 cm³/mol. The van der Waals surface area contributed by atoms with Gasteiger partial charge in [0.25, 0.3) is 5.91 Å². The first-order chi connectivity index (χ1) is 17.6. The number of carbonyl (C=O) groups is 2. The van der Waals surface area contributed by atoms with Crippen molar-refractivity contribution in [2.24, 2.45) is 0 Å². The van der Waals surface area contributed by atoms with Crippen molar-refractivity contribution in [3.63, 3.8) is 0 Å². The lowest BCUT2D eigenvalue weighted by Gasteiger charge is -2.36. The van der Waals surface area contributed by atoms with Crippen molar-refractivity contribution < 1.29 is 23.1 Å². The summed E-state index contributed by atoms with van der Waals surface area (Å²) in [6, 6.07) is 2.05. The smallest absolute Gasteiger partial charge is 0.251 e. The fourth-order valence-electron chi connectivity index (χ4n) is 4.06. The lowest BCUT2D eigenvalue weighted by Crippen LogP contribution is -2.45. The summed E-state index contributed by atoms with van der Waals surface area (Å²) in [6.45, 7) is 18.4. The number of benzene rings is 1. The van der Waals surface area contributed by atoms with Gasteiger partial charge in [0.15, 0.2) is 0 Å². The Kier molecular flexibility index (Phi) is 13.0. The van der Waals surface area contributed by atoms with Gasteiger partial charge in [-0.2, -0.15) is 0 Å². The summed E-state index contributed by atoms with van der Waals surface area (Å²) in [5, 5.41) is 2.37. The van der Waals surface area contributed by atoms with Crippen LogP contribution in [0.2, 0.25) is 0 Å². The van der Waals surface area contributed by atoms with Gasteiger partial charge in [-0.05, 0) is 49.3 Å². The number of amides is 2. The van der Waals surface area contributed by atoms with E-state index in [-0.39, 0.29) is 23.1 Å². The minimum atomic E-state index is -0.836. The second-order valence-corrected chi connectivity index (χ2v) is 8.19. The van der Waals surface area contributed by atoms with Crippen LogP contribution in [0, 0.1) is 11.6 Å². The van der Waals surface area contributed by atoms with E-state index >= 15 is 8.78 Å². The summed E-state index contributed by atoms with van der Waals surface area (Å²) in [4.78, 5) is 27.2. The first-order valence-corrected chi connectivity index (χ1v) is 12.7. The van der Waals surface area contributed by atoms with Crippen LogP contribution < -0.4 is 5.32 Å². The molecule has 1 fully saturated rings. The van der Waals surface area contributed by atoms with Gasteiger partial charge in [-0.15, -0.1) is 0 Å². The van der Waals surface area contributed by atoms with Gasteiger partial charge in [0.1, 0.15) is 11.6 Å². The summed E-state index contributed by atoms with van der Waals surface area (Å²) in [5.41, 5.74) is 2.28. The zero-order valence-electron chi connectivity index (χ0n) is 23.4. The van der Waals surface area contributed by atoms with Crippen LogP contribution in [0.15, 0.2) is 54.0 Å². The Morgan fingerprint density at radius 2 is 1.73 bits per heavy atom. The molecule has 0 radical (unpaired) electrons. The minimum Gasteiger partial charge on any atom is -0.374 e. The molecular weight excluding hydrogens is 476 g/mol. The largest absolute Gasteiger partial charge is 0.374 e. The molecule has 1 atom stereocenters. The highest BCUT2D eigenvalue weighted by molar-refractivity contribution is 5.94. The van der Waals surface area contributed by atoms with Gasteiger partial charge in [0.05, 0.1) is 18.3 Å². The molecule has 204 valence electrons. The topological polar surface area (TPSA) is 61.9 Å². The monoisotopic (exact) mass is 517 g/mol. The number of hydrogen-bond acceptors (Lipinski definition) is 4. The molecule has 0 aromatic heterocycles. The van der Waals surface area contributed by atoms with E-state index in [1.165, 1.54) is 14.0 Å². The molecule has 3 rings (SSSR count). The molecule has 1 aromatic rings. The average Bonchev–Trinajstić information content (AvgIpc) is 2.89. The first kappa shape index (κ1) is 31.8. The van der Waals surface area contributed by atoms with Crippen molar-refractivity contribution in [2.45, 2.75) is 61.0 Å². The van der Waals surface area contributed by atoms with Gasteiger partial charge < -0.3 is 19.9 Å². The highest BCUT2D eigenvalue weighted by Crippen LogP contribution is 2.34. The maximum atomic E-state index is 15.1. The first-order valence-electron chi connectivity index (χ1n) is 12.7. The van der Waals surface area contributed by atoms with E-state index in [1.54, 1.807) is 22.9 Å². The van der Waals surface area contributed by atoms with E-state index in [4.69, 9.17) is 4.74 Å². The van der Waals surface area contributed by atoms with Crippen molar-refractivity contribution in [1.82, 2.24) is 15.1 Å². The van der Waals surface area contributed by atoms with E-state index < -0.39 is 17.5 Å². The molecule has 6 nitrogen and oxygen atoms in total. The number of morpholine rings is 1. The van der Waals surface area contributed by atoms with Crippen LogP contribution in [0.3, 0.4) is 0 Å². The fraction of sp³-hybridized carbons (Fsp3) is 0.448. The van der Waals surface area contributed by atoms with Gasteiger partial charge in [0.2, 0.25) is 5.91 Å². The molecule has 0 aliphatic carbocycles. The lowest BCUT2D eigenvalue weighted by atomic mass is 9.97. The van der Waals surface area contributed by atoms with Crippen molar-refractivity contribution in [2.75, 3.05) is 26.7 Å². The zero-order valence-corrected chi connectivity index (χ0v) is 23.4. The Morgan fingerprint density at radius 1 is 1.14 bits per heavy atom. The normalized spacial score (nSPS) is 17.5. The number of rotatable bonds is 5. The molecule has 8 heteroatoms. The Labute approximate surface area is 220 Å². The summed E-state index contributed by atoms with van der Waals surface area (Å²) in [6.07, 6.45) is 5.52. The van der Waals surface area contributed by atoms with E-state index in [0.717, 1.165) is 17.7 Å². The molecule has 1 aromatic carbocycles. The second kappa shape index (κ2) is 15.1. The van der Waals surface area contributed by atoms with Gasteiger partial charge in [-0.25, -0.2) is 8.78 Å². The Morgan fingerprint density at radius 3 is 2.24 bits per heavy atom. The SMILES string of the molecule is C=C1C=C(C)C=CN1/C(CC1CN(C(C)=O)CCO1)=C(\C)c1c(F)cc(C(=O)NC)cc1F.CC.CC. The third-order valence-corrected chi connectivity index (χ3v) is 5.83. The molecule has 2 aliphatic heterocycles. The highest BCUT2D eigenvalue weighted by Gasteiger charge is 2.28. The number of halogens is 2. The molecule has 37 heavy (non-hydrogen) atoms.